The minimum atomic E-state index is -1.05. The van der Waals surface area contributed by atoms with E-state index in [2.05, 4.69) is 5.10 Å². The monoisotopic (exact) mass is 247 g/mol. The van der Waals surface area contributed by atoms with Crippen molar-refractivity contribution >= 4 is 22.8 Å². The van der Waals surface area contributed by atoms with Crippen LogP contribution in [0.25, 0.3) is 10.9 Å². The van der Waals surface area contributed by atoms with Crippen LogP contribution in [0.4, 0.5) is 0 Å². The third-order valence-corrected chi connectivity index (χ3v) is 2.68. The summed E-state index contributed by atoms with van der Waals surface area (Å²) in [4.78, 5) is 23.8. The van der Waals surface area contributed by atoms with Crippen LogP contribution in [0.5, 0.6) is 0 Å². The standard InChI is InChI=1S/C12H13N3O3/c1-14(7-10(16)17)12(18)11-8-5-3-4-6-9(8)15(2)13-11/h3-6H,7H2,1-2H3,(H,16,17). The first-order chi connectivity index (χ1) is 8.50. The molecule has 94 valence electrons. The molecule has 1 heterocycles. The average Bonchev–Trinajstić information content (AvgIpc) is 2.66. The van der Waals surface area contributed by atoms with E-state index in [-0.39, 0.29) is 12.2 Å². The third kappa shape index (κ3) is 2.04. The van der Waals surface area contributed by atoms with Crippen LogP contribution in [0.2, 0.25) is 0 Å². The molecular formula is C12H13N3O3. The Labute approximate surface area is 103 Å². The number of aromatic nitrogens is 2. The van der Waals surface area contributed by atoms with Gasteiger partial charge in [-0.25, -0.2) is 0 Å². The minimum absolute atomic E-state index is 0.275. The maximum Gasteiger partial charge on any atom is 0.323 e. The molecule has 1 aromatic carbocycles. The first kappa shape index (κ1) is 12.1. The number of aryl methyl sites for hydroxylation is 1. The Kier molecular flexibility index (Phi) is 3.01. The van der Waals surface area contributed by atoms with Crippen molar-refractivity contribution in [3.05, 3.63) is 30.0 Å². The number of likely N-dealkylation sites (N-methyl/N-ethyl adjacent to an activating group) is 1. The molecule has 0 aliphatic rings. The summed E-state index contributed by atoms with van der Waals surface area (Å²) in [5, 5.41) is 13.6. The zero-order valence-electron chi connectivity index (χ0n) is 10.1. The van der Waals surface area contributed by atoms with Crippen molar-refractivity contribution < 1.29 is 14.7 Å². The summed E-state index contributed by atoms with van der Waals surface area (Å²) >= 11 is 0. The van der Waals surface area contributed by atoms with Gasteiger partial charge in [0.05, 0.1) is 5.52 Å². The molecule has 18 heavy (non-hydrogen) atoms. The predicted molar refractivity (Wildman–Crippen MR) is 65.3 cm³/mol. The second-order valence-corrected chi connectivity index (χ2v) is 4.04. The lowest BCUT2D eigenvalue weighted by Crippen LogP contribution is -2.32. The Balaban J connectivity index is 2.42. The highest BCUT2D eigenvalue weighted by Crippen LogP contribution is 2.18. The van der Waals surface area contributed by atoms with Gasteiger partial charge in [-0.1, -0.05) is 18.2 Å². The molecule has 2 rings (SSSR count). The van der Waals surface area contributed by atoms with E-state index in [1.165, 1.54) is 7.05 Å². The van der Waals surface area contributed by atoms with Gasteiger partial charge in [-0.15, -0.1) is 0 Å². The van der Waals surface area contributed by atoms with E-state index in [4.69, 9.17) is 5.11 Å². The van der Waals surface area contributed by atoms with Gasteiger partial charge in [-0.3, -0.25) is 14.3 Å². The molecule has 6 heteroatoms. The van der Waals surface area contributed by atoms with Crippen molar-refractivity contribution in [1.29, 1.82) is 0 Å². The van der Waals surface area contributed by atoms with Gasteiger partial charge in [0.25, 0.3) is 5.91 Å². The Hall–Kier alpha value is -2.37. The Morgan fingerprint density at radius 1 is 1.39 bits per heavy atom. The van der Waals surface area contributed by atoms with Crippen molar-refractivity contribution in [2.24, 2.45) is 7.05 Å². The van der Waals surface area contributed by atoms with Crippen LogP contribution in [0.1, 0.15) is 10.5 Å². The van der Waals surface area contributed by atoms with E-state index in [1.54, 1.807) is 17.8 Å². The maximum atomic E-state index is 12.1. The molecule has 0 saturated heterocycles. The number of benzene rings is 1. The van der Waals surface area contributed by atoms with Crippen LogP contribution in [0.15, 0.2) is 24.3 Å². The molecule has 1 amide bonds. The molecule has 0 saturated carbocycles. The molecule has 0 radical (unpaired) electrons. The Morgan fingerprint density at radius 2 is 2.06 bits per heavy atom. The number of hydrogen-bond donors (Lipinski definition) is 1. The number of carboxylic acid groups (broad SMARTS) is 1. The fraction of sp³-hybridized carbons (Fsp3) is 0.250. The number of carbonyl (C=O) groups excluding carboxylic acids is 1. The van der Waals surface area contributed by atoms with Gasteiger partial charge >= 0.3 is 5.97 Å². The molecule has 1 aromatic heterocycles. The fourth-order valence-electron chi connectivity index (χ4n) is 1.83. The lowest BCUT2D eigenvalue weighted by Gasteiger charge is -2.12. The van der Waals surface area contributed by atoms with E-state index in [1.807, 2.05) is 18.2 Å². The van der Waals surface area contributed by atoms with Crippen molar-refractivity contribution in [2.45, 2.75) is 0 Å². The van der Waals surface area contributed by atoms with Crippen LogP contribution in [-0.2, 0) is 11.8 Å². The number of aliphatic carboxylic acids is 1. The molecule has 0 spiro atoms. The molecule has 0 bridgehead atoms. The van der Waals surface area contributed by atoms with Crippen LogP contribution in [0.3, 0.4) is 0 Å². The van der Waals surface area contributed by atoms with E-state index < -0.39 is 11.9 Å². The van der Waals surface area contributed by atoms with Gasteiger partial charge in [0.15, 0.2) is 5.69 Å². The smallest absolute Gasteiger partial charge is 0.323 e. The van der Waals surface area contributed by atoms with Gasteiger partial charge < -0.3 is 10.0 Å². The zero-order valence-corrected chi connectivity index (χ0v) is 10.1. The van der Waals surface area contributed by atoms with Gasteiger partial charge in [0.1, 0.15) is 6.54 Å². The van der Waals surface area contributed by atoms with E-state index in [0.717, 1.165) is 15.8 Å². The molecule has 0 aliphatic carbocycles. The SMILES string of the molecule is CN(CC(=O)O)C(=O)c1nn(C)c2ccccc12. The first-order valence-electron chi connectivity index (χ1n) is 5.39. The highest BCUT2D eigenvalue weighted by atomic mass is 16.4. The van der Waals surface area contributed by atoms with Crippen LogP contribution < -0.4 is 0 Å². The largest absolute Gasteiger partial charge is 0.480 e. The summed E-state index contributed by atoms with van der Waals surface area (Å²) in [7, 11) is 3.19. The summed E-state index contributed by atoms with van der Waals surface area (Å²) in [5.74, 6) is -1.44. The number of hydrogen-bond acceptors (Lipinski definition) is 3. The first-order valence-corrected chi connectivity index (χ1v) is 5.39. The lowest BCUT2D eigenvalue weighted by molar-refractivity contribution is -0.137. The summed E-state index contributed by atoms with van der Waals surface area (Å²) in [6.45, 7) is -0.344. The number of rotatable bonds is 3. The third-order valence-electron chi connectivity index (χ3n) is 2.68. The van der Waals surface area contributed by atoms with Gasteiger partial charge in [-0.05, 0) is 6.07 Å². The maximum absolute atomic E-state index is 12.1. The van der Waals surface area contributed by atoms with Crippen LogP contribution >= 0.6 is 0 Å². The number of amides is 1. The van der Waals surface area contributed by atoms with Gasteiger partial charge in [0.2, 0.25) is 0 Å². The Morgan fingerprint density at radius 3 is 2.72 bits per heavy atom. The van der Waals surface area contributed by atoms with Crippen molar-refractivity contribution in [3.63, 3.8) is 0 Å². The summed E-state index contributed by atoms with van der Waals surface area (Å²) in [6.07, 6.45) is 0. The quantitative estimate of drug-likeness (QED) is 0.867. The number of carboxylic acids is 1. The van der Waals surface area contributed by atoms with Crippen molar-refractivity contribution in [1.82, 2.24) is 14.7 Å². The summed E-state index contributed by atoms with van der Waals surface area (Å²) < 4.78 is 1.61. The predicted octanol–water partition coefficient (Wildman–Crippen LogP) is 0.730. The molecule has 2 aromatic rings. The molecule has 0 unspecified atom stereocenters. The second-order valence-electron chi connectivity index (χ2n) is 4.04. The number of fused-ring (bicyclic) bond motifs is 1. The van der Waals surface area contributed by atoms with Crippen molar-refractivity contribution in [2.75, 3.05) is 13.6 Å². The van der Waals surface area contributed by atoms with E-state index >= 15 is 0 Å². The minimum Gasteiger partial charge on any atom is -0.480 e. The van der Waals surface area contributed by atoms with Crippen LogP contribution in [0, 0.1) is 0 Å². The number of carbonyl (C=O) groups is 2. The number of nitrogens with zero attached hydrogens (tertiary/aromatic N) is 3. The highest BCUT2D eigenvalue weighted by Gasteiger charge is 2.20. The molecule has 0 aliphatic heterocycles. The molecule has 0 fully saturated rings. The van der Waals surface area contributed by atoms with Gasteiger partial charge in [-0.2, -0.15) is 5.10 Å². The van der Waals surface area contributed by atoms with Crippen LogP contribution in [-0.4, -0.2) is 45.3 Å². The molecule has 0 atom stereocenters. The number of para-hydroxylation sites is 1. The average molecular weight is 247 g/mol. The summed E-state index contributed by atoms with van der Waals surface area (Å²) in [5.41, 5.74) is 1.11. The Bertz CT molecular complexity index is 618. The fourth-order valence-corrected chi connectivity index (χ4v) is 1.83. The van der Waals surface area contributed by atoms with E-state index in [0.29, 0.717) is 0 Å². The molecule has 6 nitrogen and oxygen atoms in total. The summed E-state index contributed by atoms with van der Waals surface area (Å²) in [6, 6.07) is 7.33. The highest BCUT2D eigenvalue weighted by molar-refractivity contribution is 6.05. The zero-order chi connectivity index (χ0) is 13.3. The molecule has 1 N–H and O–H groups in total. The molecular weight excluding hydrogens is 234 g/mol. The van der Waals surface area contributed by atoms with Gasteiger partial charge in [0, 0.05) is 19.5 Å². The van der Waals surface area contributed by atoms with Crippen molar-refractivity contribution in [3.8, 4) is 0 Å². The second kappa shape index (κ2) is 4.48. The van der Waals surface area contributed by atoms with E-state index in [9.17, 15) is 9.59 Å². The topological polar surface area (TPSA) is 75.4 Å². The lowest BCUT2D eigenvalue weighted by atomic mass is 10.2. The normalized spacial score (nSPS) is 10.6.